The molecule has 0 heterocycles. The summed E-state index contributed by atoms with van der Waals surface area (Å²) in [5, 5.41) is 21.2. The first kappa shape index (κ1) is 23.2. The Morgan fingerprint density at radius 1 is 1.28 bits per heavy atom. The van der Waals surface area contributed by atoms with Gasteiger partial charge in [-0.25, -0.2) is 4.79 Å². The van der Waals surface area contributed by atoms with Gasteiger partial charge in [-0.05, 0) is 32.0 Å². The van der Waals surface area contributed by atoms with E-state index in [1.807, 2.05) is 18.2 Å². The molecule has 7 nitrogen and oxygen atoms in total. The Labute approximate surface area is 157 Å². The van der Waals surface area contributed by atoms with E-state index in [0.717, 1.165) is 32.1 Å². The molecule has 1 aromatic rings. The molecule has 0 aliphatic heterocycles. The second kappa shape index (κ2) is 14.5. The van der Waals surface area contributed by atoms with E-state index in [2.05, 4.69) is 34.6 Å². The number of oxime groups is 1. The number of benzene rings is 1. The van der Waals surface area contributed by atoms with Gasteiger partial charge in [0.25, 0.3) is 5.91 Å². The van der Waals surface area contributed by atoms with Crippen LogP contribution in [0.5, 0.6) is 0 Å². The van der Waals surface area contributed by atoms with Gasteiger partial charge in [0, 0.05) is 13.1 Å². The van der Waals surface area contributed by atoms with Crippen LogP contribution >= 0.6 is 23.2 Å². The molecule has 0 bridgehead atoms. The number of alkyl halides is 2. The van der Waals surface area contributed by atoms with Crippen molar-refractivity contribution in [1.82, 2.24) is 10.2 Å². The summed E-state index contributed by atoms with van der Waals surface area (Å²) in [7, 11) is 2.09. The van der Waals surface area contributed by atoms with E-state index in [9.17, 15) is 9.59 Å². The van der Waals surface area contributed by atoms with Crippen LogP contribution in [0.15, 0.2) is 35.5 Å². The Morgan fingerprint density at radius 2 is 1.88 bits per heavy atom. The highest BCUT2D eigenvalue weighted by Gasteiger charge is 2.05. The molecular formula is C16H23Cl2N3O4. The van der Waals surface area contributed by atoms with Gasteiger partial charge in [0.1, 0.15) is 6.21 Å². The van der Waals surface area contributed by atoms with Crippen LogP contribution in [0.1, 0.15) is 18.4 Å². The van der Waals surface area contributed by atoms with E-state index in [4.69, 9.17) is 33.5 Å². The molecule has 1 rings (SSSR count). The predicted molar refractivity (Wildman–Crippen MR) is 98.4 cm³/mol. The molecule has 9 heteroatoms. The molecule has 0 radical (unpaired) electrons. The smallest absolute Gasteiger partial charge is 0.337 e. The van der Waals surface area contributed by atoms with Crippen LogP contribution < -0.4 is 5.32 Å². The number of amides is 1. The summed E-state index contributed by atoms with van der Waals surface area (Å²) in [6, 6.07) is 10.3. The molecule has 0 fully saturated rings. The lowest BCUT2D eigenvalue weighted by molar-refractivity contribution is -0.135. The zero-order valence-corrected chi connectivity index (χ0v) is 15.5. The third kappa shape index (κ3) is 14.2. The Kier molecular flexibility index (Phi) is 13.4. The number of nitrogens with one attached hydrogen (secondary N) is 1. The van der Waals surface area contributed by atoms with Gasteiger partial charge in [0.2, 0.25) is 4.84 Å². The van der Waals surface area contributed by atoms with Gasteiger partial charge < -0.3 is 20.5 Å². The Morgan fingerprint density at radius 3 is 2.40 bits per heavy atom. The van der Waals surface area contributed by atoms with Crippen LogP contribution in [0, 0.1) is 0 Å². The van der Waals surface area contributed by atoms with Crippen LogP contribution in [0.25, 0.3) is 0 Å². The average Bonchev–Trinajstić information content (AvgIpc) is 2.56. The minimum atomic E-state index is -1.29. The molecule has 1 amide bonds. The Bertz CT molecular complexity index is 527. The van der Waals surface area contributed by atoms with E-state index >= 15 is 0 Å². The third-order valence-corrected chi connectivity index (χ3v) is 3.30. The summed E-state index contributed by atoms with van der Waals surface area (Å²) in [5.41, 5.74) is 1.30. The molecule has 1 aromatic carbocycles. The number of unbranched alkanes of at least 4 members (excludes halogenated alkanes) is 1. The van der Waals surface area contributed by atoms with Gasteiger partial charge in [0.05, 0.1) is 0 Å². The second-order valence-electron chi connectivity index (χ2n) is 5.11. The predicted octanol–water partition coefficient (Wildman–Crippen LogP) is 2.35. The fourth-order valence-electron chi connectivity index (χ4n) is 1.79. The molecule has 0 spiro atoms. The molecule has 25 heavy (non-hydrogen) atoms. The number of carbonyl (C=O) groups excluding carboxylic acids is 1. The number of carboxylic acids is 1. The molecule has 0 aliphatic rings. The quantitative estimate of drug-likeness (QED) is 0.197. The molecule has 140 valence electrons. The SMILES string of the molecule is CN(CCCCNC(=O)/C=N/O)Cc1ccccc1.O=C(O)C(Cl)Cl. The number of hydrogen-bond acceptors (Lipinski definition) is 5. The van der Waals surface area contributed by atoms with Crippen LogP contribution in [0.2, 0.25) is 0 Å². The van der Waals surface area contributed by atoms with Gasteiger partial charge >= 0.3 is 5.97 Å². The van der Waals surface area contributed by atoms with Crippen LogP contribution in [0.3, 0.4) is 0 Å². The van der Waals surface area contributed by atoms with Crippen molar-refractivity contribution in [3.8, 4) is 0 Å². The largest absolute Gasteiger partial charge is 0.479 e. The minimum absolute atomic E-state index is 0.361. The molecule has 0 saturated heterocycles. The molecule has 0 saturated carbocycles. The average molecular weight is 392 g/mol. The lowest BCUT2D eigenvalue weighted by Crippen LogP contribution is -2.26. The lowest BCUT2D eigenvalue weighted by Gasteiger charge is -2.16. The van der Waals surface area contributed by atoms with Crippen LogP contribution in [-0.4, -0.2) is 58.3 Å². The number of hydrogen-bond donors (Lipinski definition) is 3. The van der Waals surface area contributed by atoms with Crippen molar-refractivity contribution < 1.29 is 19.9 Å². The van der Waals surface area contributed by atoms with E-state index in [1.165, 1.54) is 5.56 Å². The van der Waals surface area contributed by atoms with Gasteiger partial charge in [-0.1, -0.05) is 58.7 Å². The molecule has 0 atom stereocenters. The minimum Gasteiger partial charge on any atom is -0.479 e. The van der Waals surface area contributed by atoms with Gasteiger partial charge in [-0.3, -0.25) is 4.79 Å². The van der Waals surface area contributed by atoms with Crippen molar-refractivity contribution in [2.45, 2.75) is 24.2 Å². The number of halogens is 2. The van der Waals surface area contributed by atoms with Crippen molar-refractivity contribution in [1.29, 1.82) is 0 Å². The first-order valence-corrected chi connectivity index (χ1v) is 8.42. The molecular weight excluding hydrogens is 369 g/mol. The lowest BCUT2D eigenvalue weighted by atomic mass is 10.2. The summed E-state index contributed by atoms with van der Waals surface area (Å²) in [6.45, 7) is 2.52. The highest BCUT2D eigenvalue weighted by Crippen LogP contribution is 2.03. The highest BCUT2D eigenvalue weighted by atomic mass is 35.5. The molecule has 0 unspecified atom stereocenters. The normalized spacial score (nSPS) is 10.6. The summed E-state index contributed by atoms with van der Waals surface area (Å²) in [5.74, 6) is -1.57. The fourth-order valence-corrected chi connectivity index (χ4v) is 1.79. The third-order valence-electron chi connectivity index (χ3n) is 2.92. The van der Waals surface area contributed by atoms with E-state index in [1.54, 1.807) is 0 Å². The number of rotatable bonds is 9. The standard InChI is InChI=1S/C14H21N3O2.C2H2Cl2O2/c1-17(12-13-7-3-2-4-8-13)10-6-5-9-15-14(18)11-16-19;3-1(4)2(5)6/h2-4,7-8,11,19H,5-6,9-10,12H2,1H3,(H,15,18);1H,(H,5,6)/b16-11+;. The van der Waals surface area contributed by atoms with Crippen molar-refractivity contribution in [2.75, 3.05) is 20.1 Å². The maximum atomic E-state index is 11.0. The van der Waals surface area contributed by atoms with Gasteiger partial charge in [-0.15, -0.1) is 0 Å². The van der Waals surface area contributed by atoms with E-state index < -0.39 is 10.8 Å². The number of carboxylic acid groups (broad SMARTS) is 1. The van der Waals surface area contributed by atoms with Gasteiger partial charge in [-0.2, -0.15) is 0 Å². The summed E-state index contributed by atoms with van der Waals surface area (Å²) in [4.78, 5) is 21.4. The molecule has 0 aromatic heterocycles. The number of aliphatic carboxylic acids is 1. The Hall–Kier alpha value is -1.83. The fraction of sp³-hybridized carbons (Fsp3) is 0.438. The van der Waals surface area contributed by atoms with Crippen molar-refractivity contribution in [2.24, 2.45) is 5.16 Å². The van der Waals surface area contributed by atoms with Crippen molar-refractivity contribution >= 4 is 41.3 Å². The van der Waals surface area contributed by atoms with E-state index in [0.29, 0.717) is 6.54 Å². The second-order valence-corrected chi connectivity index (χ2v) is 6.20. The molecule has 0 aliphatic carbocycles. The topological polar surface area (TPSA) is 102 Å². The van der Waals surface area contributed by atoms with Gasteiger partial charge in [0.15, 0.2) is 0 Å². The van der Waals surface area contributed by atoms with E-state index in [-0.39, 0.29) is 5.91 Å². The first-order chi connectivity index (χ1) is 11.9. The van der Waals surface area contributed by atoms with Crippen LogP contribution in [-0.2, 0) is 16.1 Å². The Balaban J connectivity index is 0.000000823. The van der Waals surface area contributed by atoms with Crippen molar-refractivity contribution in [3.63, 3.8) is 0 Å². The zero-order chi connectivity index (χ0) is 19.1. The number of carbonyl (C=O) groups is 2. The summed E-state index contributed by atoms with van der Waals surface area (Å²) >= 11 is 9.56. The van der Waals surface area contributed by atoms with Crippen LogP contribution in [0.4, 0.5) is 0 Å². The first-order valence-electron chi connectivity index (χ1n) is 7.55. The zero-order valence-electron chi connectivity index (χ0n) is 13.9. The monoisotopic (exact) mass is 391 g/mol. The summed E-state index contributed by atoms with van der Waals surface area (Å²) in [6.07, 6.45) is 2.78. The maximum Gasteiger partial charge on any atom is 0.337 e. The summed E-state index contributed by atoms with van der Waals surface area (Å²) < 4.78 is 0. The maximum absolute atomic E-state index is 11.0. The van der Waals surface area contributed by atoms with Crippen molar-refractivity contribution in [3.05, 3.63) is 35.9 Å². The highest BCUT2D eigenvalue weighted by molar-refractivity contribution is 6.52. The molecule has 3 N–H and O–H groups in total. The number of nitrogens with zero attached hydrogens (tertiary/aromatic N) is 2.